The first-order valence-corrected chi connectivity index (χ1v) is 14.2. The molecule has 0 saturated heterocycles. The van der Waals surface area contributed by atoms with Gasteiger partial charge in [0.1, 0.15) is 11.9 Å². The zero-order valence-electron chi connectivity index (χ0n) is 24.0. The van der Waals surface area contributed by atoms with Crippen molar-refractivity contribution in [1.82, 2.24) is 21.0 Å². The standard InChI is InChI=1S/C32H31ClFN7O/c1-42-14-13-28(20-5-3-2-4-6-20)38-30-22(17-35)18-36-32-26(30)15-24(16-27(32)33)37-31(21-7-9-23(34)10-8-21)29-19-41(40-39-29)25-11-12-25/h2-10,15-16,18-19,25,28,31,37,39-40H,11-14H2,1H3,(H,36,38)/t28-,31+/m1/s1/i31D. The number of anilines is 2. The Kier molecular flexibility index (Phi) is 7.74. The summed E-state index contributed by atoms with van der Waals surface area (Å²) in [5, 5.41) is 19.9. The summed E-state index contributed by atoms with van der Waals surface area (Å²) in [6.07, 6.45) is 6.16. The number of rotatable bonds is 11. The molecule has 1 aromatic heterocycles. The normalized spacial score (nSPS) is 17.0. The summed E-state index contributed by atoms with van der Waals surface area (Å²) in [5.41, 5.74) is 10.3. The highest BCUT2D eigenvalue weighted by Crippen LogP contribution is 2.38. The van der Waals surface area contributed by atoms with Crippen LogP contribution in [-0.2, 0) is 4.74 Å². The maximum atomic E-state index is 13.9. The quantitative estimate of drug-likeness (QED) is 0.157. The topological polar surface area (TPSA) is 97.3 Å². The zero-order chi connectivity index (χ0) is 30.0. The molecule has 0 spiro atoms. The SMILES string of the molecule is [2H][C@@](Nc1cc(Cl)c2ncc(C#N)c(N[C@H](CCOC)c3ccccc3)c2c1)(C1=CN(C2CC2)NN1)c1ccc(F)cc1. The molecule has 0 unspecified atom stereocenters. The van der Waals surface area contributed by atoms with Gasteiger partial charge in [0.25, 0.3) is 0 Å². The van der Waals surface area contributed by atoms with Crippen molar-refractivity contribution in [2.45, 2.75) is 37.4 Å². The molecule has 2 heterocycles. The minimum Gasteiger partial charge on any atom is -0.385 e. The number of aromatic nitrogens is 1. The number of halogens is 2. The summed E-state index contributed by atoms with van der Waals surface area (Å²) >= 11 is 6.80. The Labute approximate surface area is 250 Å². The first-order chi connectivity index (χ1) is 20.9. The molecule has 0 amide bonds. The van der Waals surface area contributed by atoms with Crippen molar-refractivity contribution >= 4 is 33.9 Å². The molecule has 42 heavy (non-hydrogen) atoms. The van der Waals surface area contributed by atoms with Crippen molar-refractivity contribution in [3.63, 3.8) is 0 Å². The third-order valence-corrected chi connectivity index (χ3v) is 7.66. The van der Waals surface area contributed by atoms with E-state index in [-0.39, 0.29) is 6.04 Å². The van der Waals surface area contributed by atoms with Crippen molar-refractivity contribution in [3.8, 4) is 6.07 Å². The molecule has 214 valence electrons. The van der Waals surface area contributed by atoms with Gasteiger partial charge in [-0.15, -0.1) is 5.53 Å². The average molecular weight is 585 g/mol. The van der Waals surface area contributed by atoms with Crippen LogP contribution in [0.5, 0.6) is 0 Å². The lowest BCUT2D eigenvalue weighted by molar-refractivity contribution is 0.190. The number of hydrogen-bond donors (Lipinski definition) is 4. The van der Waals surface area contributed by atoms with E-state index in [4.69, 9.17) is 16.3 Å². The highest BCUT2D eigenvalue weighted by molar-refractivity contribution is 6.35. The van der Waals surface area contributed by atoms with Crippen LogP contribution in [0.4, 0.5) is 15.8 Å². The summed E-state index contributed by atoms with van der Waals surface area (Å²) in [6, 6.07) is 20.3. The van der Waals surface area contributed by atoms with E-state index in [0.29, 0.717) is 63.2 Å². The van der Waals surface area contributed by atoms with E-state index in [2.05, 4.69) is 32.6 Å². The van der Waals surface area contributed by atoms with Crippen LogP contribution in [0, 0.1) is 17.1 Å². The van der Waals surface area contributed by atoms with Gasteiger partial charge in [0.05, 0.1) is 40.9 Å². The summed E-state index contributed by atoms with van der Waals surface area (Å²) in [4.78, 5) is 4.50. The minimum absolute atomic E-state index is 0.156. The number of benzene rings is 3. The van der Waals surface area contributed by atoms with Gasteiger partial charge in [0, 0.05) is 43.2 Å². The lowest BCUT2D eigenvalue weighted by atomic mass is 10.0. The number of ether oxygens (including phenoxy) is 1. The zero-order valence-corrected chi connectivity index (χ0v) is 23.8. The Balaban J connectivity index is 1.43. The number of fused-ring (bicyclic) bond motifs is 1. The predicted octanol–water partition coefficient (Wildman–Crippen LogP) is 6.57. The number of hydrazine groups is 2. The largest absolute Gasteiger partial charge is 0.385 e. The Bertz CT molecular complexity index is 1690. The van der Waals surface area contributed by atoms with E-state index in [9.17, 15) is 11.0 Å². The smallest absolute Gasteiger partial charge is 0.123 e. The maximum absolute atomic E-state index is 13.9. The van der Waals surface area contributed by atoms with Crippen LogP contribution in [-0.4, -0.2) is 29.8 Å². The monoisotopic (exact) mass is 584 g/mol. The second-order valence-corrected chi connectivity index (χ2v) is 10.7. The average Bonchev–Trinajstić information content (AvgIpc) is 3.75. The van der Waals surface area contributed by atoms with E-state index < -0.39 is 11.8 Å². The summed E-state index contributed by atoms with van der Waals surface area (Å²) in [5.74, 6) is -0.391. The van der Waals surface area contributed by atoms with Gasteiger partial charge in [-0.05, 0) is 54.7 Å². The van der Waals surface area contributed by atoms with Crippen molar-refractivity contribution in [2.24, 2.45) is 0 Å². The Morgan fingerprint density at radius 2 is 1.95 bits per heavy atom. The molecule has 2 aliphatic rings. The molecule has 6 rings (SSSR count). The molecule has 0 bridgehead atoms. The maximum Gasteiger partial charge on any atom is 0.123 e. The first-order valence-electron chi connectivity index (χ1n) is 14.3. The van der Waals surface area contributed by atoms with Crippen LogP contribution in [0.1, 0.15) is 49.4 Å². The molecular weight excluding hydrogens is 553 g/mol. The molecule has 8 nitrogen and oxygen atoms in total. The number of pyridine rings is 1. The van der Waals surface area contributed by atoms with Crippen LogP contribution in [0.3, 0.4) is 0 Å². The number of hydrogen-bond acceptors (Lipinski definition) is 8. The lowest BCUT2D eigenvalue weighted by Gasteiger charge is -2.24. The van der Waals surface area contributed by atoms with Gasteiger partial charge in [0.15, 0.2) is 0 Å². The van der Waals surface area contributed by atoms with Gasteiger partial charge < -0.3 is 20.8 Å². The van der Waals surface area contributed by atoms with E-state index in [0.717, 1.165) is 18.4 Å². The van der Waals surface area contributed by atoms with E-state index in [1.165, 1.54) is 18.3 Å². The molecule has 1 aliphatic carbocycles. The molecule has 4 N–H and O–H groups in total. The number of nitrogens with one attached hydrogen (secondary N) is 4. The third kappa shape index (κ3) is 5.97. The van der Waals surface area contributed by atoms with Crippen LogP contribution in [0.25, 0.3) is 10.9 Å². The molecule has 1 aliphatic heterocycles. The van der Waals surface area contributed by atoms with Crippen LogP contribution < -0.4 is 21.6 Å². The lowest BCUT2D eigenvalue weighted by Crippen LogP contribution is -2.38. The molecule has 1 fully saturated rings. The highest BCUT2D eigenvalue weighted by Gasteiger charge is 2.32. The Morgan fingerprint density at radius 1 is 1.17 bits per heavy atom. The predicted molar refractivity (Wildman–Crippen MR) is 163 cm³/mol. The molecule has 1 saturated carbocycles. The van der Waals surface area contributed by atoms with Crippen molar-refractivity contribution in [1.29, 1.82) is 5.26 Å². The summed E-state index contributed by atoms with van der Waals surface area (Å²) in [7, 11) is 1.66. The second-order valence-electron chi connectivity index (χ2n) is 10.3. The Morgan fingerprint density at radius 3 is 2.67 bits per heavy atom. The molecule has 3 aromatic carbocycles. The third-order valence-electron chi connectivity index (χ3n) is 7.38. The van der Waals surface area contributed by atoms with Gasteiger partial charge in [0.2, 0.25) is 0 Å². The fourth-order valence-electron chi connectivity index (χ4n) is 5.05. The second kappa shape index (κ2) is 12.2. The number of nitrogens with zero attached hydrogens (tertiary/aromatic N) is 3. The van der Waals surface area contributed by atoms with Crippen LogP contribution in [0.15, 0.2) is 84.8 Å². The molecule has 0 radical (unpaired) electrons. The van der Waals surface area contributed by atoms with Crippen molar-refractivity contribution < 1.29 is 10.5 Å². The molecule has 2 atom stereocenters. The Hall–Kier alpha value is -4.36. The van der Waals surface area contributed by atoms with Gasteiger partial charge in [-0.25, -0.2) is 4.39 Å². The summed E-state index contributed by atoms with van der Waals surface area (Å²) < 4.78 is 28.9. The van der Waals surface area contributed by atoms with E-state index >= 15 is 0 Å². The fourth-order valence-corrected chi connectivity index (χ4v) is 5.32. The molecular formula is C32H31ClFN7O. The number of methoxy groups -OCH3 is 1. The van der Waals surface area contributed by atoms with Crippen LogP contribution in [0.2, 0.25) is 5.02 Å². The minimum atomic E-state index is -1.54. The van der Waals surface area contributed by atoms with Gasteiger partial charge in [-0.1, -0.05) is 54.1 Å². The molecule has 10 heteroatoms. The van der Waals surface area contributed by atoms with Gasteiger partial charge >= 0.3 is 0 Å². The fraction of sp³-hybridized carbons (Fsp3) is 0.250. The van der Waals surface area contributed by atoms with Gasteiger partial charge in [-0.2, -0.15) is 5.26 Å². The number of nitriles is 1. The van der Waals surface area contributed by atoms with E-state index in [1.807, 2.05) is 47.6 Å². The van der Waals surface area contributed by atoms with Crippen molar-refractivity contribution in [3.05, 3.63) is 112 Å². The van der Waals surface area contributed by atoms with Crippen molar-refractivity contribution in [2.75, 3.05) is 24.4 Å². The molecule has 4 aromatic rings. The van der Waals surface area contributed by atoms with E-state index in [1.54, 1.807) is 25.3 Å². The highest BCUT2D eigenvalue weighted by atomic mass is 35.5. The summed E-state index contributed by atoms with van der Waals surface area (Å²) in [6.45, 7) is 0.512. The van der Waals surface area contributed by atoms with Crippen LogP contribution >= 0.6 is 11.6 Å². The first kappa shape index (κ1) is 26.5. The van der Waals surface area contributed by atoms with Gasteiger partial charge in [-0.3, -0.25) is 9.99 Å².